The van der Waals surface area contributed by atoms with E-state index < -0.39 is 29.8 Å². The predicted molar refractivity (Wildman–Crippen MR) is 77.1 cm³/mol. The third kappa shape index (κ3) is 3.67. The van der Waals surface area contributed by atoms with Crippen molar-refractivity contribution in [1.29, 1.82) is 0 Å². The summed E-state index contributed by atoms with van der Waals surface area (Å²) in [6.07, 6.45) is 0. The van der Waals surface area contributed by atoms with E-state index in [0.717, 1.165) is 0 Å². The van der Waals surface area contributed by atoms with Crippen molar-refractivity contribution >= 4 is 17.7 Å². The number of amides is 2. The lowest BCUT2D eigenvalue weighted by atomic mass is 9.88. The molecule has 0 radical (unpaired) electrons. The van der Waals surface area contributed by atoms with E-state index in [4.69, 9.17) is 9.47 Å². The molecule has 0 saturated heterocycles. The number of esters is 1. The van der Waals surface area contributed by atoms with Gasteiger partial charge in [-0.2, -0.15) is 0 Å². The van der Waals surface area contributed by atoms with Crippen molar-refractivity contribution in [3.05, 3.63) is 35.6 Å². The van der Waals surface area contributed by atoms with Crippen LogP contribution >= 0.6 is 0 Å². The summed E-state index contributed by atoms with van der Waals surface area (Å²) < 4.78 is 23.0. The summed E-state index contributed by atoms with van der Waals surface area (Å²) in [5.41, 5.74) is 0.971. The largest absolute Gasteiger partial charge is 0.463 e. The van der Waals surface area contributed by atoms with E-state index in [0.29, 0.717) is 11.3 Å². The van der Waals surface area contributed by atoms with Crippen LogP contribution in [0.2, 0.25) is 0 Å². The Morgan fingerprint density at radius 1 is 1.32 bits per heavy atom. The Hall–Kier alpha value is -2.28. The van der Waals surface area contributed by atoms with Crippen molar-refractivity contribution in [2.45, 2.75) is 13.0 Å². The Kier molecular flexibility index (Phi) is 5.21. The molecule has 118 valence electrons. The summed E-state index contributed by atoms with van der Waals surface area (Å²) in [4.78, 5) is 27.6. The van der Waals surface area contributed by atoms with Crippen molar-refractivity contribution in [3.8, 4) is 0 Å². The van der Waals surface area contributed by atoms with Crippen LogP contribution in [0.15, 0.2) is 29.3 Å². The maximum absolute atomic E-state index is 13.1. The van der Waals surface area contributed by atoms with Gasteiger partial charge in [-0.05, 0) is 24.6 Å². The molecule has 1 aliphatic rings. The van der Waals surface area contributed by atoms with Gasteiger partial charge in [0.1, 0.15) is 18.3 Å². The fourth-order valence-corrected chi connectivity index (χ4v) is 2.29. The Morgan fingerprint density at radius 2 is 2.00 bits per heavy atom. The number of methoxy groups -OCH3 is 1. The van der Waals surface area contributed by atoms with Gasteiger partial charge in [-0.25, -0.2) is 14.2 Å². The highest BCUT2D eigenvalue weighted by Gasteiger charge is 2.37. The molecule has 2 unspecified atom stereocenters. The summed E-state index contributed by atoms with van der Waals surface area (Å²) in [6.45, 7) is 1.99. The molecule has 2 atom stereocenters. The fourth-order valence-electron chi connectivity index (χ4n) is 2.29. The number of carbonyl (C=O) groups is 2. The molecule has 0 fully saturated rings. The standard InChI is InChI=1S/C15H17FN2O4/c1-9-12(14(19)22-8-7-21-2)13(18-15(20)17-9)10-3-5-11(16)6-4-10/h3-6,12-13H,7-8H2,1-2H3,(H,18,20). The van der Waals surface area contributed by atoms with E-state index >= 15 is 0 Å². The molecule has 1 aromatic carbocycles. The van der Waals surface area contributed by atoms with Crippen LogP contribution in [-0.2, 0) is 14.3 Å². The SMILES string of the molecule is COCCOC(=O)C1C(C)=NC(=O)NC1c1ccc(F)cc1. The van der Waals surface area contributed by atoms with Crippen LogP contribution in [-0.4, -0.2) is 38.0 Å². The van der Waals surface area contributed by atoms with Crippen LogP contribution in [0.1, 0.15) is 18.5 Å². The average molecular weight is 308 g/mol. The molecule has 2 amide bonds. The summed E-state index contributed by atoms with van der Waals surface area (Å²) in [5.74, 6) is -1.65. The molecule has 1 aliphatic heterocycles. The first-order valence-electron chi connectivity index (χ1n) is 6.79. The molecule has 2 rings (SSSR count). The minimum atomic E-state index is -0.750. The summed E-state index contributed by atoms with van der Waals surface area (Å²) >= 11 is 0. The molecule has 0 aliphatic carbocycles. The lowest BCUT2D eigenvalue weighted by Gasteiger charge is -2.29. The first kappa shape index (κ1) is 16.1. The van der Waals surface area contributed by atoms with Gasteiger partial charge in [0.15, 0.2) is 0 Å². The van der Waals surface area contributed by atoms with Gasteiger partial charge >= 0.3 is 12.0 Å². The van der Waals surface area contributed by atoms with Gasteiger partial charge in [-0.3, -0.25) is 4.79 Å². The zero-order chi connectivity index (χ0) is 16.1. The maximum Gasteiger partial charge on any atom is 0.341 e. The number of benzene rings is 1. The van der Waals surface area contributed by atoms with Crippen molar-refractivity contribution in [3.63, 3.8) is 0 Å². The molecule has 0 aromatic heterocycles. The average Bonchev–Trinajstić information content (AvgIpc) is 2.47. The van der Waals surface area contributed by atoms with Crippen LogP contribution in [0.25, 0.3) is 0 Å². The van der Waals surface area contributed by atoms with E-state index in [1.807, 2.05) is 0 Å². The molecule has 6 nitrogen and oxygen atoms in total. The number of carbonyl (C=O) groups excluding carboxylic acids is 2. The van der Waals surface area contributed by atoms with Gasteiger partial charge in [0.2, 0.25) is 0 Å². The molecular formula is C15H17FN2O4. The van der Waals surface area contributed by atoms with Gasteiger partial charge < -0.3 is 14.8 Å². The maximum atomic E-state index is 13.1. The van der Waals surface area contributed by atoms with Gasteiger partial charge in [0.25, 0.3) is 0 Å². The second kappa shape index (κ2) is 7.13. The monoisotopic (exact) mass is 308 g/mol. The Balaban J connectivity index is 2.24. The minimum absolute atomic E-state index is 0.114. The zero-order valence-electron chi connectivity index (χ0n) is 12.3. The van der Waals surface area contributed by atoms with Crippen LogP contribution < -0.4 is 5.32 Å². The Morgan fingerprint density at radius 3 is 2.64 bits per heavy atom. The first-order chi connectivity index (χ1) is 10.5. The van der Waals surface area contributed by atoms with E-state index in [9.17, 15) is 14.0 Å². The molecule has 0 saturated carbocycles. The van der Waals surface area contributed by atoms with E-state index in [2.05, 4.69) is 10.3 Å². The lowest BCUT2D eigenvalue weighted by Crippen LogP contribution is -2.44. The number of ether oxygens (including phenoxy) is 2. The number of urea groups is 1. The second-order valence-electron chi connectivity index (χ2n) is 4.87. The minimum Gasteiger partial charge on any atom is -0.463 e. The predicted octanol–water partition coefficient (Wildman–Crippen LogP) is 1.86. The molecule has 1 heterocycles. The second-order valence-corrected chi connectivity index (χ2v) is 4.87. The van der Waals surface area contributed by atoms with E-state index in [-0.39, 0.29) is 13.2 Å². The van der Waals surface area contributed by atoms with Crippen LogP contribution in [0.3, 0.4) is 0 Å². The summed E-state index contributed by atoms with van der Waals surface area (Å²) in [7, 11) is 1.50. The fraction of sp³-hybridized carbons (Fsp3) is 0.400. The molecule has 7 heteroatoms. The molecule has 22 heavy (non-hydrogen) atoms. The topological polar surface area (TPSA) is 77.0 Å². The molecular weight excluding hydrogens is 291 g/mol. The number of hydrogen-bond acceptors (Lipinski definition) is 4. The first-order valence-corrected chi connectivity index (χ1v) is 6.79. The third-order valence-electron chi connectivity index (χ3n) is 3.36. The number of hydrogen-bond donors (Lipinski definition) is 1. The number of rotatable bonds is 5. The van der Waals surface area contributed by atoms with Gasteiger partial charge in [-0.1, -0.05) is 12.1 Å². The summed E-state index contributed by atoms with van der Waals surface area (Å²) in [6, 6.07) is 4.42. The molecule has 1 N–H and O–H groups in total. The normalized spacial score (nSPS) is 21.0. The number of nitrogens with one attached hydrogen (secondary N) is 1. The smallest absolute Gasteiger partial charge is 0.341 e. The van der Waals surface area contributed by atoms with Crippen molar-refractivity contribution in [2.75, 3.05) is 20.3 Å². The quantitative estimate of drug-likeness (QED) is 0.665. The zero-order valence-corrected chi connectivity index (χ0v) is 12.3. The number of halogens is 1. The Bertz CT molecular complexity index is 586. The van der Waals surface area contributed by atoms with Crippen LogP contribution in [0, 0.1) is 11.7 Å². The van der Waals surface area contributed by atoms with Crippen molar-refractivity contribution in [1.82, 2.24) is 5.32 Å². The van der Waals surface area contributed by atoms with Gasteiger partial charge in [-0.15, -0.1) is 0 Å². The molecule has 0 spiro atoms. The van der Waals surface area contributed by atoms with Crippen LogP contribution in [0.5, 0.6) is 0 Å². The number of nitrogens with zero attached hydrogens (tertiary/aromatic N) is 1. The highest BCUT2D eigenvalue weighted by molar-refractivity contribution is 6.08. The highest BCUT2D eigenvalue weighted by Crippen LogP contribution is 2.28. The lowest BCUT2D eigenvalue weighted by molar-refractivity contribution is -0.148. The summed E-state index contributed by atoms with van der Waals surface area (Å²) in [5, 5.41) is 2.62. The van der Waals surface area contributed by atoms with E-state index in [1.165, 1.54) is 31.4 Å². The highest BCUT2D eigenvalue weighted by atomic mass is 19.1. The van der Waals surface area contributed by atoms with Gasteiger partial charge in [0, 0.05) is 12.8 Å². The van der Waals surface area contributed by atoms with Crippen LogP contribution in [0.4, 0.5) is 9.18 Å². The van der Waals surface area contributed by atoms with Crippen molar-refractivity contribution in [2.24, 2.45) is 10.9 Å². The van der Waals surface area contributed by atoms with Gasteiger partial charge in [0.05, 0.1) is 12.6 Å². The number of aliphatic imine (C=N–C) groups is 1. The molecule has 1 aromatic rings. The van der Waals surface area contributed by atoms with E-state index in [1.54, 1.807) is 6.92 Å². The third-order valence-corrected chi connectivity index (χ3v) is 3.36. The Labute approximate surface area is 127 Å². The molecule has 0 bridgehead atoms. The van der Waals surface area contributed by atoms with Crippen molar-refractivity contribution < 1.29 is 23.5 Å².